The fourth-order valence-corrected chi connectivity index (χ4v) is 3.29. The second-order valence-corrected chi connectivity index (χ2v) is 5.84. The molecule has 112 valence electrons. The number of aromatic nitrogens is 2. The number of para-hydroxylation sites is 1. The molecule has 3 rings (SSSR count). The molecular formula is C14H16ClN3O2S. The van der Waals surface area contributed by atoms with E-state index < -0.39 is 6.04 Å². The summed E-state index contributed by atoms with van der Waals surface area (Å²) in [5.74, 6) is 0.0372. The average Bonchev–Trinajstić information content (AvgIpc) is 2.84. The lowest BCUT2D eigenvalue weighted by atomic mass is 10.2. The van der Waals surface area contributed by atoms with Gasteiger partial charge in [0.2, 0.25) is 5.91 Å². The summed E-state index contributed by atoms with van der Waals surface area (Å²) in [7, 11) is 0. The van der Waals surface area contributed by atoms with Gasteiger partial charge in [-0.15, -0.1) is 0 Å². The van der Waals surface area contributed by atoms with Gasteiger partial charge in [-0.1, -0.05) is 17.7 Å². The number of hydrogen-bond acceptors (Lipinski definition) is 3. The van der Waals surface area contributed by atoms with E-state index in [1.54, 1.807) is 10.6 Å². The first-order valence-electron chi connectivity index (χ1n) is 6.85. The lowest BCUT2D eigenvalue weighted by molar-refractivity contribution is -0.138. The predicted octanol–water partition coefficient (Wildman–Crippen LogP) is 2.77. The van der Waals surface area contributed by atoms with Crippen LogP contribution in [0.3, 0.4) is 0 Å². The molecule has 1 amide bonds. The van der Waals surface area contributed by atoms with Crippen molar-refractivity contribution in [3.8, 4) is 0 Å². The van der Waals surface area contributed by atoms with E-state index in [1.807, 2.05) is 24.0 Å². The molecule has 1 N–H and O–H groups in total. The van der Waals surface area contributed by atoms with E-state index in [0.717, 1.165) is 11.0 Å². The van der Waals surface area contributed by atoms with Gasteiger partial charge in [-0.2, -0.15) is 0 Å². The summed E-state index contributed by atoms with van der Waals surface area (Å²) in [6.07, 6.45) is 0. The number of carbonyl (C=O) groups is 1. The van der Waals surface area contributed by atoms with E-state index in [-0.39, 0.29) is 5.91 Å². The highest BCUT2D eigenvalue weighted by molar-refractivity contribution is 7.71. The fraction of sp³-hybridized carbons (Fsp3) is 0.429. The van der Waals surface area contributed by atoms with E-state index in [2.05, 4.69) is 4.98 Å². The van der Waals surface area contributed by atoms with Crippen LogP contribution in [-0.2, 0) is 9.53 Å². The summed E-state index contributed by atoms with van der Waals surface area (Å²) >= 11 is 11.6. The normalized spacial score (nSPS) is 17.1. The van der Waals surface area contributed by atoms with Gasteiger partial charge in [0.1, 0.15) is 6.04 Å². The number of ether oxygens (including phenoxy) is 1. The lowest BCUT2D eigenvalue weighted by Crippen LogP contribution is -2.43. The minimum absolute atomic E-state index is 0.0372. The Labute approximate surface area is 132 Å². The lowest BCUT2D eigenvalue weighted by Gasteiger charge is -2.29. The Morgan fingerprint density at radius 3 is 2.86 bits per heavy atom. The van der Waals surface area contributed by atoms with Crippen LogP contribution in [0.15, 0.2) is 18.2 Å². The molecule has 0 spiro atoms. The Hall–Kier alpha value is -1.37. The van der Waals surface area contributed by atoms with Crippen molar-refractivity contribution in [1.29, 1.82) is 0 Å². The van der Waals surface area contributed by atoms with Crippen LogP contribution in [0.2, 0.25) is 5.02 Å². The average molecular weight is 326 g/mol. The number of carbonyl (C=O) groups excluding carboxylic acids is 1. The van der Waals surface area contributed by atoms with Gasteiger partial charge in [-0.25, -0.2) is 0 Å². The smallest absolute Gasteiger partial charge is 0.245 e. The van der Waals surface area contributed by atoms with E-state index in [1.165, 1.54) is 0 Å². The van der Waals surface area contributed by atoms with Crippen molar-refractivity contribution in [2.24, 2.45) is 0 Å². The van der Waals surface area contributed by atoms with Crippen LogP contribution in [0, 0.1) is 4.77 Å². The number of halogens is 1. The maximum absolute atomic E-state index is 12.6. The first kappa shape index (κ1) is 14.6. The number of amides is 1. The monoisotopic (exact) mass is 325 g/mol. The van der Waals surface area contributed by atoms with Crippen LogP contribution in [0.1, 0.15) is 13.0 Å². The summed E-state index contributed by atoms with van der Waals surface area (Å²) in [4.78, 5) is 17.6. The molecule has 21 heavy (non-hydrogen) atoms. The number of nitrogens with zero attached hydrogens (tertiary/aromatic N) is 2. The fourth-order valence-electron chi connectivity index (χ4n) is 2.67. The van der Waals surface area contributed by atoms with Gasteiger partial charge in [-0.3, -0.25) is 4.79 Å². The first-order chi connectivity index (χ1) is 10.1. The number of morpholine rings is 1. The molecule has 1 aromatic carbocycles. The summed E-state index contributed by atoms with van der Waals surface area (Å²) in [5, 5.41) is 0.585. The molecule has 1 unspecified atom stereocenters. The Bertz CT molecular complexity index is 733. The Balaban J connectivity index is 2.01. The standard InChI is InChI=1S/C14H16ClN3O2S/c1-9(13(19)17-5-7-20-8-6-17)18-12-10(15)3-2-4-11(12)16-14(18)21/h2-4,9H,5-8H2,1H3,(H,16,21). The van der Waals surface area contributed by atoms with Crippen molar-refractivity contribution in [2.45, 2.75) is 13.0 Å². The second kappa shape index (κ2) is 5.79. The third-order valence-corrected chi connectivity index (χ3v) is 4.36. The highest BCUT2D eigenvalue weighted by Crippen LogP contribution is 2.27. The van der Waals surface area contributed by atoms with Gasteiger partial charge in [0.05, 0.1) is 29.3 Å². The molecule has 0 aliphatic carbocycles. The zero-order chi connectivity index (χ0) is 15.0. The minimum atomic E-state index is -0.399. The first-order valence-corrected chi connectivity index (χ1v) is 7.63. The van der Waals surface area contributed by atoms with Gasteiger partial charge in [0.15, 0.2) is 4.77 Å². The molecule has 1 aliphatic heterocycles. The molecule has 5 nitrogen and oxygen atoms in total. The quantitative estimate of drug-likeness (QED) is 0.864. The zero-order valence-electron chi connectivity index (χ0n) is 11.6. The van der Waals surface area contributed by atoms with Crippen LogP contribution < -0.4 is 0 Å². The number of fused-ring (bicyclic) bond motifs is 1. The van der Waals surface area contributed by atoms with Crippen LogP contribution in [0.25, 0.3) is 11.0 Å². The molecule has 0 radical (unpaired) electrons. The number of aromatic amines is 1. The maximum atomic E-state index is 12.6. The van der Waals surface area contributed by atoms with Crippen LogP contribution in [0.5, 0.6) is 0 Å². The van der Waals surface area contributed by atoms with Crippen molar-refractivity contribution in [3.63, 3.8) is 0 Å². The molecule has 1 aromatic heterocycles. The van der Waals surface area contributed by atoms with E-state index in [4.69, 9.17) is 28.6 Å². The molecule has 7 heteroatoms. The van der Waals surface area contributed by atoms with Crippen molar-refractivity contribution in [3.05, 3.63) is 28.0 Å². The highest BCUT2D eigenvalue weighted by atomic mass is 35.5. The summed E-state index contributed by atoms with van der Waals surface area (Å²) in [6, 6.07) is 5.16. The maximum Gasteiger partial charge on any atom is 0.245 e. The number of H-pyrrole nitrogens is 1. The van der Waals surface area contributed by atoms with Crippen LogP contribution in [0.4, 0.5) is 0 Å². The third kappa shape index (κ3) is 2.59. The zero-order valence-corrected chi connectivity index (χ0v) is 13.2. The third-order valence-electron chi connectivity index (χ3n) is 3.76. The largest absolute Gasteiger partial charge is 0.378 e. The van der Waals surface area contributed by atoms with Crippen molar-refractivity contribution < 1.29 is 9.53 Å². The van der Waals surface area contributed by atoms with Gasteiger partial charge in [-0.05, 0) is 31.3 Å². The van der Waals surface area contributed by atoms with Gasteiger partial charge in [0, 0.05) is 13.1 Å². The number of imidazole rings is 1. The summed E-state index contributed by atoms with van der Waals surface area (Å²) in [5.41, 5.74) is 1.62. The summed E-state index contributed by atoms with van der Waals surface area (Å²) < 4.78 is 7.59. The Kier molecular flexibility index (Phi) is 4.01. The number of hydrogen-bond donors (Lipinski definition) is 1. The number of nitrogens with one attached hydrogen (secondary N) is 1. The minimum Gasteiger partial charge on any atom is -0.378 e. The molecule has 1 atom stereocenters. The van der Waals surface area contributed by atoms with E-state index in [9.17, 15) is 4.79 Å². The van der Waals surface area contributed by atoms with Crippen molar-refractivity contribution in [1.82, 2.24) is 14.5 Å². The molecular weight excluding hydrogens is 310 g/mol. The SMILES string of the molecule is CC(C(=O)N1CCOCC1)n1c(=S)[nH]c2cccc(Cl)c21. The van der Waals surface area contributed by atoms with Crippen LogP contribution >= 0.6 is 23.8 Å². The number of rotatable bonds is 2. The predicted molar refractivity (Wildman–Crippen MR) is 84.2 cm³/mol. The molecule has 1 saturated heterocycles. The number of benzene rings is 1. The van der Waals surface area contributed by atoms with E-state index in [0.29, 0.717) is 36.1 Å². The Morgan fingerprint density at radius 1 is 1.43 bits per heavy atom. The summed E-state index contributed by atoms with van der Waals surface area (Å²) in [6.45, 7) is 4.25. The molecule has 2 heterocycles. The van der Waals surface area contributed by atoms with Gasteiger partial charge < -0.3 is 19.2 Å². The highest BCUT2D eigenvalue weighted by Gasteiger charge is 2.25. The molecule has 1 fully saturated rings. The van der Waals surface area contributed by atoms with Gasteiger partial charge >= 0.3 is 0 Å². The molecule has 2 aromatic rings. The molecule has 0 bridgehead atoms. The topological polar surface area (TPSA) is 50.3 Å². The van der Waals surface area contributed by atoms with E-state index >= 15 is 0 Å². The van der Waals surface area contributed by atoms with Gasteiger partial charge in [0.25, 0.3) is 0 Å². The van der Waals surface area contributed by atoms with Crippen LogP contribution in [-0.4, -0.2) is 46.7 Å². The Morgan fingerprint density at radius 2 is 2.14 bits per heavy atom. The van der Waals surface area contributed by atoms with Crippen molar-refractivity contribution >= 4 is 40.8 Å². The molecule has 0 saturated carbocycles. The van der Waals surface area contributed by atoms with Crippen molar-refractivity contribution in [2.75, 3.05) is 26.3 Å². The molecule has 1 aliphatic rings. The second-order valence-electron chi connectivity index (χ2n) is 5.05.